The summed E-state index contributed by atoms with van der Waals surface area (Å²) in [6.07, 6.45) is 6.88. The van der Waals surface area contributed by atoms with E-state index in [0.717, 1.165) is 38.5 Å². The van der Waals surface area contributed by atoms with E-state index in [-0.39, 0.29) is 29.0 Å². The fraction of sp³-hybridized carbons (Fsp3) is 0.848. The Labute approximate surface area is 279 Å². The van der Waals surface area contributed by atoms with Crippen molar-refractivity contribution >= 4 is 39.6 Å². The molecular weight excluding hydrogens is 624 g/mol. The zero-order valence-electron chi connectivity index (χ0n) is 29.2. The molecule has 4 fully saturated rings. The lowest BCUT2D eigenvalue weighted by molar-refractivity contribution is -0.145. The largest absolute Gasteiger partial charge is 0.347 e. The fourth-order valence-corrected chi connectivity index (χ4v) is 8.81. The van der Waals surface area contributed by atoms with Crippen LogP contribution in [0.3, 0.4) is 0 Å². The number of Topliss-reactive ketones (excluding diaryl/α,β-unsaturated/α-hetero) is 1. The molecule has 5 N–H and O–H groups in total. The summed E-state index contributed by atoms with van der Waals surface area (Å²) in [5.41, 5.74) is -1.92. The minimum atomic E-state index is -3.63. The highest BCUT2D eigenvalue weighted by molar-refractivity contribution is 7.89. The molecule has 4 rings (SSSR count). The van der Waals surface area contributed by atoms with E-state index in [0.29, 0.717) is 32.2 Å². The number of nitrogens with one attached hydrogen (secondary N) is 5. The Morgan fingerprint density at radius 2 is 1.62 bits per heavy atom. The number of hydrogen-bond acceptors (Lipinski definition) is 7. The fourth-order valence-electron chi connectivity index (χ4n) is 7.58. The molecule has 0 spiro atoms. The zero-order valence-corrected chi connectivity index (χ0v) is 30.0. The van der Waals surface area contributed by atoms with E-state index in [2.05, 4.69) is 39.8 Å². The molecule has 47 heavy (non-hydrogen) atoms. The minimum Gasteiger partial charge on any atom is -0.347 e. The molecule has 1 aliphatic heterocycles. The molecule has 0 aromatic heterocycles. The Morgan fingerprint density at radius 3 is 2.17 bits per heavy atom. The number of nitrogens with zero attached hydrogens (tertiary/aromatic N) is 1. The number of rotatable bonds is 14. The maximum Gasteiger partial charge on any atom is 0.315 e. The van der Waals surface area contributed by atoms with Crippen molar-refractivity contribution in [3.63, 3.8) is 0 Å². The van der Waals surface area contributed by atoms with Gasteiger partial charge in [0.2, 0.25) is 27.6 Å². The number of likely N-dealkylation sites (tertiary alicyclic amines) is 1. The van der Waals surface area contributed by atoms with Gasteiger partial charge in [-0.15, -0.1) is 0 Å². The number of sulfonamides is 1. The minimum absolute atomic E-state index is 0.00433. The van der Waals surface area contributed by atoms with Gasteiger partial charge in [-0.25, -0.2) is 17.9 Å². The molecule has 0 aromatic rings. The van der Waals surface area contributed by atoms with E-state index >= 15 is 0 Å². The van der Waals surface area contributed by atoms with Crippen molar-refractivity contribution in [2.45, 2.75) is 135 Å². The van der Waals surface area contributed by atoms with E-state index in [1.807, 2.05) is 27.7 Å². The van der Waals surface area contributed by atoms with Crippen LogP contribution in [-0.4, -0.2) is 91.9 Å². The zero-order chi connectivity index (χ0) is 34.9. The lowest BCUT2D eigenvalue weighted by Crippen LogP contribution is -2.64. The molecule has 3 saturated carbocycles. The predicted molar refractivity (Wildman–Crippen MR) is 177 cm³/mol. The second-order valence-corrected chi connectivity index (χ2v) is 17.8. The summed E-state index contributed by atoms with van der Waals surface area (Å²) in [5.74, 6) is -2.60. The van der Waals surface area contributed by atoms with Gasteiger partial charge in [0, 0.05) is 12.6 Å². The number of ketones is 1. The van der Waals surface area contributed by atoms with E-state index in [1.165, 1.54) is 11.9 Å². The predicted octanol–water partition coefficient (Wildman–Crippen LogP) is 1.96. The number of urea groups is 1. The number of hydrogen-bond donors (Lipinski definition) is 5. The van der Waals surface area contributed by atoms with E-state index in [1.54, 1.807) is 0 Å². The highest BCUT2D eigenvalue weighted by Crippen LogP contribution is 2.65. The number of carbonyl (C=O) groups excluding carboxylic acids is 5. The van der Waals surface area contributed by atoms with Gasteiger partial charge in [-0.2, -0.15) is 0 Å². The standard InChI is InChI=1S/C33H56N6O7S/c1-8-9-13-22(25(40)28(42)35-20-14-15-20)36-27(41)24-23-21(32(23,5)6)18-39(24)29(43)26(31(2,3)4)37-30(44)38-33(16-11-10-12-17-33)19-47(45,46)34-7/h20-24,26,34H,8-19H2,1-7H3,(H,35,42)(H,36,41)(H2,37,38,44)/t21-,22-,23-,24-,26+/m0/s1. The molecule has 266 valence electrons. The van der Waals surface area contributed by atoms with E-state index in [4.69, 9.17) is 0 Å². The van der Waals surface area contributed by atoms with Gasteiger partial charge < -0.3 is 26.2 Å². The third-order valence-corrected chi connectivity index (χ3v) is 12.3. The quantitative estimate of drug-likeness (QED) is 0.174. The Morgan fingerprint density at radius 1 is 0.979 bits per heavy atom. The van der Waals surface area contributed by atoms with Gasteiger partial charge in [-0.3, -0.25) is 19.2 Å². The molecule has 3 aliphatic carbocycles. The van der Waals surface area contributed by atoms with Crippen molar-refractivity contribution in [1.82, 2.24) is 30.9 Å². The normalized spacial score (nSPS) is 25.9. The molecular formula is C33H56N6O7S. The van der Waals surface area contributed by atoms with Gasteiger partial charge >= 0.3 is 6.03 Å². The average molecular weight is 681 g/mol. The SMILES string of the molecule is CCCC[C@H](NC(=O)[C@@H]1[C@@H]2[C@H](CN1C(=O)[C@@H](NC(=O)NC1(CS(=O)(=O)NC)CCCCC1)C(C)(C)C)C2(C)C)C(=O)C(=O)NC1CC1. The summed E-state index contributed by atoms with van der Waals surface area (Å²) in [7, 11) is -2.28. The number of amides is 5. The molecule has 5 amide bonds. The Balaban J connectivity index is 1.53. The molecule has 0 radical (unpaired) electrons. The first-order chi connectivity index (χ1) is 21.9. The second-order valence-electron chi connectivity index (χ2n) is 15.9. The summed E-state index contributed by atoms with van der Waals surface area (Å²) in [4.78, 5) is 69.3. The molecule has 5 atom stereocenters. The Kier molecular flexibility index (Phi) is 11.1. The summed E-state index contributed by atoms with van der Waals surface area (Å²) in [5, 5.41) is 11.3. The first-order valence-electron chi connectivity index (χ1n) is 17.3. The molecule has 0 unspecified atom stereocenters. The van der Waals surface area contributed by atoms with Crippen LogP contribution in [0.5, 0.6) is 0 Å². The smallest absolute Gasteiger partial charge is 0.315 e. The molecule has 1 heterocycles. The van der Waals surface area contributed by atoms with Crippen LogP contribution in [0.1, 0.15) is 106 Å². The topological polar surface area (TPSA) is 183 Å². The third-order valence-electron chi connectivity index (χ3n) is 10.7. The van der Waals surface area contributed by atoms with Crippen molar-refractivity contribution in [2.24, 2.45) is 22.7 Å². The maximum atomic E-state index is 14.4. The van der Waals surface area contributed by atoms with Crippen LogP contribution in [-0.2, 0) is 29.2 Å². The van der Waals surface area contributed by atoms with E-state index < -0.39 is 68.6 Å². The molecule has 1 saturated heterocycles. The van der Waals surface area contributed by atoms with Crippen molar-refractivity contribution in [3.8, 4) is 0 Å². The monoisotopic (exact) mass is 680 g/mol. The Hall–Kier alpha value is -2.74. The summed E-state index contributed by atoms with van der Waals surface area (Å²) >= 11 is 0. The van der Waals surface area contributed by atoms with Crippen LogP contribution >= 0.6 is 0 Å². The summed E-state index contributed by atoms with van der Waals surface area (Å²) < 4.78 is 27.4. The van der Waals surface area contributed by atoms with Gasteiger partial charge in [0.25, 0.3) is 5.91 Å². The third kappa shape index (κ3) is 8.65. The van der Waals surface area contributed by atoms with Crippen molar-refractivity contribution in [1.29, 1.82) is 0 Å². The first kappa shape index (κ1) is 37.1. The van der Waals surface area contributed by atoms with Crippen LogP contribution in [0, 0.1) is 22.7 Å². The van der Waals surface area contributed by atoms with Crippen molar-refractivity contribution in [3.05, 3.63) is 0 Å². The molecule has 4 aliphatic rings. The highest BCUT2D eigenvalue weighted by atomic mass is 32.2. The van der Waals surface area contributed by atoms with Gasteiger partial charge in [0.05, 0.1) is 17.3 Å². The van der Waals surface area contributed by atoms with Crippen LogP contribution in [0.15, 0.2) is 0 Å². The van der Waals surface area contributed by atoms with Crippen molar-refractivity contribution in [2.75, 3.05) is 19.3 Å². The number of piperidine rings is 1. The van der Waals surface area contributed by atoms with E-state index in [9.17, 15) is 32.4 Å². The van der Waals surface area contributed by atoms with Crippen LogP contribution in [0.25, 0.3) is 0 Å². The van der Waals surface area contributed by atoms with Crippen LogP contribution in [0.4, 0.5) is 4.79 Å². The molecule has 0 aromatic carbocycles. The summed E-state index contributed by atoms with van der Waals surface area (Å²) in [6.45, 7) is 11.9. The molecule has 14 heteroatoms. The van der Waals surface area contributed by atoms with Gasteiger partial charge in [0.1, 0.15) is 12.1 Å². The maximum absolute atomic E-state index is 14.4. The van der Waals surface area contributed by atoms with Gasteiger partial charge in [0.15, 0.2) is 0 Å². The lowest BCUT2D eigenvalue weighted by Gasteiger charge is -2.40. The number of fused-ring (bicyclic) bond motifs is 1. The second kappa shape index (κ2) is 14.0. The molecule has 13 nitrogen and oxygen atoms in total. The number of unbranched alkanes of at least 4 members (excludes halogenated alkanes) is 1. The van der Waals surface area contributed by atoms with Gasteiger partial charge in [-0.1, -0.05) is 73.6 Å². The highest BCUT2D eigenvalue weighted by Gasteiger charge is 2.70. The lowest BCUT2D eigenvalue weighted by atomic mass is 9.83. The van der Waals surface area contributed by atoms with Gasteiger partial charge in [-0.05, 0) is 61.8 Å². The number of carbonyl (C=O) groups is 5. The first-order valence-corrected chi connectivity index (χ1v) is 19.0. The summed E-state index contributed by atoms with van der Waals surface area (Å²) in [6, 6.07) is -3.52. The van der Waals surface area contributed by atoms with Crippen LogP contribution in [0.2, 0.25) is 0 Å². The average Bonchev–Trinajstić information content (AvgIpc) is 3.84. The van der Waals surface area contributed by atoms with Crippen LogP contribution < -0.4 is 26.0 Å². The van der Waals surface area contributed by atoms with Crippen molar-refractivity contribution < 1.29 is 32.4 Å². The Bertz CT molecular complexity index is 1330. The molecule has 0 bridgehead atoms.